The molecule has 1 aliphatic rings. The van der Waals surface area contributed by atoms with Crippen LogP contribution in [0.1, 0.15) is 49.1 Å². The van der Waals surface area contributed by atoms with E-state index in [2.05, 4.69) is 82.6 Å². The number of guanidine groups is 1. The summed E-state index contributed by atoms with van der Waals surface area (Å²) in [6.45, 7) is 7.75. The first-order valence-electron chi connectivity index (χ1n) is 10.5. The van der Waals surface area contributed by atoms with Gasteiger partial charge in [0.2, 0.25) is 0 Å². The minimum Gasteiger partial charge on any atom is -0.381 e. The van der Waals surface area contributed by atoms with Crippen LogP contribution >= 0.6 is 35.3 Å². The van der Waals surface area contributed by atoms with Gasteiger partial charge in [-0.05, 0) is 36.8 Å². The first kappa shape index (κ1) is 25.1. The van der Waals surface area contributed by atoms with Gasteiger partial charge in [0.15, 0.2) is 5.96 Å². The predicted octanol–water partition coefficient (Wildman–Crippen LogP) is 4.53. The molecule has 0 bridgehead atoms. The summed E-state index contributed by atoms with van der Waals surface area (Å²) < 4.78 is 5.65. The van der Waals surface area contributed by atoms with Crippen LogP contribution in [0.2, 0.25) is 0 Å². The summed E-state index contributed by atoms with van der Waals surface area (Å²) in [5.41, 5.74) is 1.30. The second-order valence-corrected chi connectivity index (χ2v) is 8.87. The summed E-state index contributed by atoms with van der Waals surface area (Å²) in [6.07, 6.45) is 1.97. The minimum absolute atomic E-state index is 0. The lowest BCUT2D eigenvalue weighted by Gasteiger charge is -2.41. The van der Waals surface area contributed by atoms with Crippen LogP contribution in [0.5, 0.6) is 0 Å². The van der Waals surface area contributed by atoms with Crippen LogP contribution < -0.4 is 16.0 Å². The zero-order valence-electron chi connectivity index (χ0n) is 18.2. The van der Waals surface area contributed by atoms with Gasteiger partial charge in [-0.1, -0.05) is 43.3 Å². The third-order valence-corrected chi connectivity index (χ3v) is 6.80. The highest BCUT2D eigenvalue weighted by Crippen LogP contribution is 2.25. The Hall–Kier alpha value is -1.16. The Morgan fingerprint density at radius 3 is 2.47 bits per heavy atom. The van der Waals surface area contributed by atoms with Crippen molar-refractivity contribution in [2.75, 3.05) is 33.4 Å². The number of aliphatic imine (C=N–C) groups is 1. The molecule has 30 heavy (non-hydrogen) atoms. The van der Waals surface area contributed by atoms with Gasteiger partial charge in [0.1, 0.15) is 0 Å². The molecule has 5 nitrogen and oxygen atoms in total. The number of nitrogens with zero attached hydrogens (tertiary/aromatic N) is 1. The second-order valence-electron chi connectivity index (χ2n) is 7.89. The predicted molar refractivity (Wildman–Crippen MR) is 138 cm³/mol. The zero-order chi connectivity index (χ0) is 20.5. The summed E-state index contributed by atoms with van der Waals surface area (Å²) in [6, 6.07) is 15.2. The van der Waals surface area contributed by atoms with Gasteiger partial charge in [-0.25, -0.2) is 0 Å². The maximum Gasteiger partial charge on any atom is 0.191 e. The number of benzene rings is 1. The van der Waals surface area contributed by atoms with Gasteiger partial charge >= 0.3 is 0 Å². The molecule has 1 aliphatic heterocycles. The van der Waals surface area contributed by atoms with Gasteiger partial charge < -0.3 is 20.7 Å². The van der Waals surface area contributed by atoms with Crippen molar-refractivity contribution in [2.24, 2.45) is 4.99 Å². The third kappa shape index (κ3) is 7.21. The molecule has 1 aromatic heterocycles. The van der Waals surface area contributed by atoms with Gasteiger partial charge in [-0.3, -0.25) is 4.99 Å². The Labute approximate surface area is 202 Å². The van der Waals surface area contributed by atoms with Crippen LogP contribution in [-0.2, 0) is 4.74 Å². The molecule has 2 aromatic rings. The fourth-order valence-electron chi connectivity index (χ4n) is 3.81. The normalized spacial score (nSPS) is 18.2. The minimum atomic E-state index is -0.00943. The van der Waals surface area contributed by atoms with Crippen LogP contribution in [0.4, 0.5) is 0 Å². The molecule has 2 atom stereocenters. The van der Waals surface area contributed by atoms with E-state index in [0.29, 0.717) is 5.92 Å². The van der Waals surface area contributed by atoms with Gasteiger partial charge in [0, 0.05) is 55.7 Å². The molecule has 2 heterocycles. The van der Waals surface area contributed by atoms with Crippen molar-refractivity contribution >= 4 is 41.3 Å². The Bertz CT molecular complexity index is 748. The standard InChI is InChI=1S/C23H34N4OS.HI/c1-18(21-10-7-15-29-21)16-25-22(24-3)26-17-23(11-13-28-14-12-23)27-19(2)20-8-5-4-6-9-20;/h4-10,15,18-19,27H,11-14,16-17H2,1-3H3,(H2,24,25,26);1H. The molecule has 0 amide bonds. The lowest BCUT2D eigenvalue weighted by Crippen LogP contribution is -2.58. The summed E-state index contributed by atoms with van der Waals surface area (Å²) >= 11 is 1.81. The van der Waals surface area contributed by atoms with Crippen molar-refractivity contribution in [1.82, 2.24) is 16.0 Å². The molecule has 0 radical (unpaired) electrons. The average Bonchev–Trinajstić information content (AvgIpc) is 3.30. The highest BCUT2D eigenvalue weighted by atomic mass is 127. The van der Waals surface area contributed by atoms with E-state index in [1.54, 1.807) is 11.3 Å². The van der Waals surface area contributed by atoms with E-state index in [9.17, 15) is 0 Å². The quantitative estimate of drug-likeness (QED) is 0.261. The number of hydrogen-bond donors (Lipinski definition) is 3. The maximum atomic E-state index is 5.65. The number of ether oxygens (including phenoxy) is 1. The van der Waals surface area contributed by atoms with E-state index in [1.165, 1.54) is 10.4 Å². The van der Waals surface area contributed by atoms with Crippen LogP contribution in [0.25, 0.3) is 0 Å². The van der Waals surface area contributed by atoms with Crippen molar-refractivity contribution in [1.29, 1.82) is 0 Å². The van der Waals surface area contributed by atoms with Crippen LogP contribution in [0.15, 0.2) is 52.8 Å². The highest BCUT2D eigenvalue weighted by Gasteiger charge is 2.34. The molecule has 1 aromatic carbocycles. The molecular weight excluding hydrogens is 507 g/mol. The number of rotatable bonds is 8. The number of halogens is 1. The van der Waals surface area contributed by atoms with Crippen molar-refractivity contribution in [3.63, 3.8) is 0 Å². The first-order chi connectivity index (χ1) is 14.1. The Morgan fingerprint density at radius 1 is 1.10 bits per heavy atom. The van der Waals surface area contributed by atoms with Gasteiger partial charge in [-0.2, -0.15) is 0 Å². The molecule has 166 valence electrons. The molecule has 1 saturated heterocycles. The summed E-state index contributed by atoms with van der Waals surface area (Å²) in [4.78, 5) is 5.83. The number of thiophene rings is 1. The average molecular weight is 543 g/mol. The first-order valence-corrected chi connectivity index (χ1v) is 11.4. The van der Waals surface area contributed by atoms with Crippen molar-refractivity contribution in [3.8, 4) is 0 Å². The molecule has 2 unspecified atom stereocenters. The molecule has 0 spiro atoms. The molecule has 7 heteroatoms. The lowest BCUT2D eigenvalue weighted by atomic mass is 9.88. The van der Waals surface area contributed by atoms with Gasteiger partial charge in [0.05, 0.1) is 0 Å². The SMILES string of the molecule is CN=C(NCC(C)c1cccs1)NCC1(NC(C)c2ccccc2)CCOCC1.I. The highest BCUT2D eigenvalue weighted by molar-refractivity contribution is 14.0. The Balaban J connectivity index is 0.00000320. The largest absolute Gasteiger partial charge is 0.381 e. The topological polar surface area (TPSA) is 57.7 Å². The summed E-state index contributed by atoms with van der Waals surface area (Å²) in [5, 5.41) is 13.1. The summed E-state index contributed by atoms with van der Waals surface area (Å²) in [5.74, 6) is 1.32. The van der Waals surface area contributed by atoms with E-state index in [1.807, 2.05) is 7.05 Å². The fourth-order valence-corrected chi connectivity index (χ4v) is 4.60. The molecule has 3 N–H and O–H groups in total. The summed E-state index contributed by atoms with van der Waals surface area (Å²) in [7, 11) is 1.84. The van der Waals surface area contributed by atoms with Crippen LogP contribution in [-0.4, -0.2) is 44.8 Å². The molecule has 3 rings (SSSR count). The molecule has 0 saturated carbocycles. The van der Waals surface area contributed by atoms with E-state index in [4.69, 9.17) is 4.74 Å². The molecular formula is C23H35IN4OS. The zero-order valence-corrected chi connectivity index (χ0v) is 21.3. The molecule has 0 aliphatic carbocycles. The van der Waals surface area contributed by atoms with Crippen LogP contribution in [0, 0.1) is 0 Å². The van der Waals surface area contributed by atoms with Gasteiger partial charge in [-0.15, -0.1) is 35.3 Å². The smallest absolute Gasteiger partial charge is 0.191 e. The lowest BCUT2D eigenvalue weighted by molar-refractivity contribution is 0.0355. The van der Waals surface area contributed by atoms with E-state index >= 15 is 0 Å². The Kier molecular flexibility index (Phi) is 10.6. The van der Waals surface area contributed by atoms with Crippen LogP contribution in [0.3, 0.4) is 0 Å². The Morgan fingerprint density at radius 2 is 1.83 bits per heavy atom. The fraction of sp³-hybridized carbons (Fsp3) is 0.522. The van der Waals surface area contributed by atoms with E-state index < -0.39 is 0 Å². The number of nitrogens with one attached hydrogen (secondary N) is 3. The van der Waals surface area contributed by atoms with E-state index in [-0.39, 0.29) is 35.6 Å². The second kappa shape index (κ2) is 12.6. The third-order valence-electron chi connectivity index (χ3n) is 5.69. The van der Waals surface area contributed by atoms with Crippen molar-refractivity contribution in [3.05, 3.63) is 58.3 Å². The van der Waals surface area contributed by atoms with Crippen molar-refractivity contribution < 1.29 is 4.74 Å². The monoisotopic (exact) mass is 542 g/mol. The number of hydrogen-bond acceptors (Lipinski definition) is 4. The van der Waals surface area contributed by atoms with Crippen molar-refractivity contribution in [2.45, 2.75) is 44.2 Å². The van der Waals surface area contributed by atoms with E-state index in [0.717, 1.165) is 45.1 Å². The molecule has 1 fully saturated rings. The van der Waals surface area contributed by atoms with Gasteiger partial charge in [0.25, 0.3) is 0 Å². The maximum absolute atomic E-state index is 5.65.